The average molecular weight is 157 g/mol. The average Bonchev–Trinajstić information content (AvgIpc) is 1.80. The van der Waals surface area contributed by atoms with Crippen molar-refractivity contribution in [1.29, 1.82) is 0 Å². The van der Waals surface area contributed by atoms with Crippen molar-refractivity contribution in [3.05, 3.63) is 0 Å². The third-order valence-corrected chi connectivity index (χ3v) is 1.25. The second kappa shape index (κ2) is 3.59. The van der Waals surface area contributed by atoms with Crippen molar-refractivity contribution < 1.29 is 4.79 Å². The molecule has 0 atom stereocenters. The summed E-state index contributed by atoms with van der Waals surface area (Å²) in [5, 5.41) is 2.16. The molecule has 0 rings (SSSR count). The summed E-state index contributed by atoms with van der Waals surface area (Å²) in [5.41, 5.74) is -0.310. The van der Waals surface area contributed by atoms with Crippen LogP contribution in [0.2, 0.25) is 0 Å². The molecule has 56 valence electrons. The molecule has 0 heterocycles. The largest absolute Gasteiger partial charge is 0.297 e. The lowest BCUT2D eigenvalue weighted by molar-refractivity contribution is -0.124. The Labute approximate surface area is 66.3 Å². The number of aliphatic imine (C=N–C) groups is 1. The molecule has 0 bridgehead atoms. The van der Waals surface area contributed by atoms with Crippen molar-refractivity contribution in [2.45, 2.75) is 20.8 Å². The van der Waals surface area contributed by atoms with Crippen LogP contribution in [0.5, 0.6) is 0 Å². The quantitative estimate of drug-likeness (QED) is 0.451. The number of carbonyl (C=O) groups is 1. The van der Waals surface area contributed by atoms with Gasteiger partial charge in [-0.15, -0.1) is 0 Å². The Hall–Kier alpha value is -0.530. The Morgan fingerprint density at radius 3 is 2.40 bits per heavy atom. The molecule has 10 heavy (non-hydrogen) atoms. The summed E-state index contributed by atoms with van der Waals surface area (Å²) in [7, 11) is 0. The van der Waals surface area contributed by atoms with Gasteiger partial charge in [-0.3, -0.25) is 4.79 Å². The number of ketones is 1. The molecule has 2 nitrogen and oxygen atoms in total. The van der Waals surface area contributed by atoms with E-state index in [0.717, 1.165) is 0 Å². The number of Topliss-reactive ketones (excluding diaryl/α,β-unsaturated/α-hetero) is 1. The standard InChI is InChI=1S/C7H11NOS/c1-7(2,3)6(9)4-8-5-10/h4H2,1-3H3. The minimum absolute atomic E-state index is 0.0878. The first-order valence-corrected chi connectivity index (χ1v) is 3.46. The van der Waals surface area contributed by atoms with Gasteiger partial charge in [-0.05, 0) is 12.2 Å². The number of hydrogen-bond acceptors (Lipinski definition) is 3. The van der Waals surface area contributed by atoms with Crippen molar-refractivity contribution in [3.8, 4) is 0 Å². The van der Waals surface area contributed by atoms with Crippen LogP contribution in [0.4, 0.5) is 0 Å². The van der Waals surface area contributed by atoms with Crippen LogP contribution in [0.15, 0.2) is 4.99 Å². The van der Waals surface area contributed by atoms with Crippen LogP contribution < -0.4 is 0 Å². The zero-order chi connectivity index (χ0) is 8.20. The zero-order valence-corrected chi connectivity index (χ0v) is 7.29. The van der Waals surface area contributed by atoms with E-state index < -0.39 is 0 Å². The second-order valence-electron chi connectivity index (χ2n) is 3.08. The van der Waals surface area contributed by atoms with Crippen molar-refractivity contribution in [3.63, 3.8) is 0 Å². The fourth-order valence-corrected chi connectivity index (χ4v) is 0.406. The van der Waals surface area contributed by atoms with Gasteiger partial charge in [-0.1, -0.05) is 20.8 Å². The number of isothiocyanates is 1. The maximum atomic E-state index is 11.0. The van der Waals surface area contributed by atoms with E-state index in [1.807, 2.05) is 20.8 Å². The fraction of sp³-hybridized carbons (Fsp3) is 0.714. The fourth-order valence-electron chi connectivity index (χ4n) is 0.341. The van der Waals surface area contributed by atoms with E-state index in [2.05, 4.69) is 22.4 Å². The lowest BCUT2D eigenvalue weighted by Crippen LogP contribution is -2.22. The summed E-state index contributed by atoms with van der Waals surface area (Å²) in [6.07, 6.45) is 0. The van der Waals surface area contributed by atoms with E-state index >= 15 is 0 Å². The molecule has 0 N–H and O–H groups in total. The molecule has 3 heteroatoms. The highest BCUT2D eigenvalue weighted by Gasteiger charge is 2.19. The number of carbonyl (C=O) groups excluding carboxylic acids is 1. The SMILES string of the molecule is CC(C)(C)C(=O)CN=C=S. The monoisotopic (exact) mass is 157 g/mol. The molecule has 0 radical (unpaired) electrons. The molecule has 0 spiro atoms. The van der Waals surface area contributed by atoms with E-state index in [4.69, 9.17) is 0 Å². The van der Waals surface area contributed by atoms with Gasteiger partial charge in [0.1, 0.15) is 6.54 Å². The molecule has 0 amide bonds. The van der Waals surface area contributed by atoms with Crippen LogP contribution >= 0.6 is 12.2 Å². The summed E-state index contributed by atoms with van der Waals surface area (Å²) < 4.78 is 0. The van der Waals surface area contributed by atoms with Crippen LogP contribution in [0.3, 0.4) is 0 Å². The maximum absolute atomic E-state index is 11.0. The Kier molecular flexibility index (Phi) is 3.40. The summed E-state index contributed by atoms with van der Waals surface area (Å²) in [4.78, 5) is 14.6. The molecule has 0 aliphatic rings. The Morgan fingerprint density at radius 2 is 2.10 bits per heavy atom. The molecule has 0 aliphatic carbocycles. The molecular formula is C7H11NOS. The van der Waals surface area contributed by atoms with Crippen molar-refractivity contribution in [2.75, 3.05) is 6.54 Å². The minimum Gasteiger partial charge on any atom is -0.297 e. The maximum Gasteiger partial charge on any atom is 0.160 e. The normalized spacial score (nSPS) is 10.3. The van der Waals surface area contributed by atoms with E-state index in [1.54, 1.807) is 0 Å². The molecule has 0 saturated carbocycles. The van der Waals surface area contributed by atoms with Gasteiger partial charge in [0.05, 0.1) is 5.16 Å². The highest BCUT2D eigenvalue weighted by molar-refractivity contribution is 7.78. The van der Waals surface area contributed by atoms with Crippen molar-refractivity contribution >= 4 is 23.2 Å². The smallest absolute Gasteiger partial charge is 0.160 e. The first-order chi connectivity index (χ1) is 4.48. The topological polar surface area (TPSA) is 29.4 Å². The van der Waals surface area contributed by atoms with Crippen LogP contribution in [0.1, 0.15) is 20.8 Å². The molecule has 0 unspecified atom stereocenters. The third-order valence-electron chi connectivity index (χ3n) is 1.12. The van der Waals surface area contributed by atoms with Gasteiger partial charge in [0, 0.05) is 5.41 Å². The van der Waals surface area contributed by atoms with Crippen LogP contribution in [0.25, 0.3) is 0 Å². The summed E-state index contributed by atoms with van der Waals surface area (Å²) in [6, 6.07) is 0. The van der Waals surface area contributed by atoms with E-state index in [1.165, 1.54) is 0 Å². The van der Waals surface area contributed by atoms with E-state index in [9.17, 15) is 4.79 Å². The highest BCUT2D eigenvalue weighted by atomic mass is 32.1. The summed E-state index contributed by atoms with van der Waals surface area (Å²) >= 11 is 4.32. The van der Waals surface area contributed by atoms with Gasteiger partial charge in [0.25, 0.3) is 0 Å². The Bertz CT molecular complexity index is 175. The lowest BCUT2D eigenvalue weighted by Gasteiger charge is -2.13. The lowest BCUT2D eigenvalue weighted by atomic mass is 9.91. The minimum atomic E-state index is -0.310. The van der Waals surface area contributed by atoms with Gasteiger partial charge in [0.15, 0.2) is 5.78 Å². The molecule has 0 aromatic carbocycles. The van der Waals surface area contributed by atoms with Crippen LogP contribution in [-0.4, -0.2) is 17.5 Å². The van der Waals surface area contributed by atoms with Crippen molar-refractivity contribution in [2.24, 2.45) is 10.4 Å². The summed E-state index contributed by atoms with van der Waals surface area (Å²) in [5.74, 6) is 0.0878. The number of rotatable bonds is 2. The third kappa shape index (κ3) is 3.49. The molecule has 0 aliphatic heterocycles. The van der Waals surface area contributed by atoms with Gasteiger partial charge in [-0.2, -0.15) is 0 Å². The van der Waals surface area contributed by atoms with E-state index in [-0.39, 0.29) is 17.7 Å². The van der Waals surface area contributed by atoms with Crippen LogP contribution in [-0.2, 0) is 4.79 Å². The molecular weight excluding hydrogens is 146 g/mol. The van der Waals surface area contributed by atoms with E-state index in [0.29, 0.717) is 0 Å². The van der Waals surface area contributed by atoms with Gasteiger partial charge in [0.2, 0.25) is 0 Å². The summed E-state index contributed by atoms with van der Waals surface area (Å²) in [6.45, 7) is 5.73. The molecule has 0 aromatic rings. The first-order valence-electron chi connectivity index (χ1n) is 3.05. The zero-order valence-electron chi connectivity index (χ0n) is 6.47. The molecule has 0 saturated heterocycles. The predicted molar refractivity (Wildman–Crippen MR) is 44.4 cm³/mol. The van der Waals surface area contributed by atoms with Crippen LogP contribution in [0, 0.1) is 5.41 Å². The van der Waals surface area contributed by atoms with Gasteiger partial charge in [-0.25, -0.2) is 4.99 Å². The predicted octanol–water partition coefficient (Wildman–Crippen LogP) is 1.70. The Balaban J connectivity index is 3.98. The highest BCUT2D eigenvalue weighted by Crippen LogP contribution is 2.13. The second-order valence-corrected chi connectivity index (χ2v) is 3.26. The number of nitrogens with zero attached hydrogens (tertiary/aromatic N) is 1. The Morgan fingerprint density at radius 1 is 1.60 bits per heavy atom. The molecule has 0 aromatic heterocycles. The first kappa shape index (κ1) is 9.47. The van der Waals surface area contributed by atoms with Crippen molar-refractivity contribution in [1.82, 2.24) is 0 Å². The van der Waals surface area contributed by atoms with Gasteiger partial charge >= 0.3 is 0 Å². The number of thiocarbonyl (C=S) groups is 1. The van der Waals surface area contributed by atoms with Gasteiger partial charge < -0.3 is 0 Å². The number of hydrogen-bond donors (Lipinski definition) is 0. The molecule has 0 fully saturated rings.